The summed E-state index contributed by atoms with van der Waals surface area (Å²) in [6, 6.07) is 3.66. The van der Waals surface area contributed by atoms with E-state index in [-0.39, 0.29) is 56.6 Å². The average molecular weight is 340 g/mol. The standard InChI is InChI=1S/C18H16N2O5/c1-6-10-11(9(7-19)8-20)12-13(14(10)21)16(23-3)18(25-5)17(24-4)15(12)22-2/h6H,1-5H3/b10-6+. The number of hydrogen-bond acceptors (Lipinski definition) is 7. The first-order valence-corrected chi connectivity index (χ1v) is 7.22. The van der Waals surface area contributed by atoms with Crippen LogP contribution in [0.2, 0.25) is 0 Å². The number of ether oxygens (including phenoxy) is 4. The molecule has 1 aliphatic rings. The number of nitrogens with zero attached hydrogens (tertiary/aromatic N) is 2. The summed E-state index contributed by atoms with van der Waals surface area (Å²) in [6.45, 7) is 1.65. The Hall–Kier alpha value is -3.45. The van der Waals surface area contributed by atoms with E-state index in [1.807, 2.05) is 12.1 Å². The van der Waals surface area contributed by atoms with Crippen LogP contribution in [0.3, 0.4) is 0 Å². The fraction of sp³-hybridized carbons (Fsp3) is 0.278. The number of carbonyl (C=O) groups excluding carboxylic acids is 1. The maximum atomic E-state index is 12.9. The van der Waals surface area contributed by atoms with Crippen molar-refractivity contribution < 1.29 is 23.7 Å². The molecule has 0 unspecified atom stereocenters. The number of rotatable bonds is 4. The molecule has 2 rings (SSSR count). The van der Waals surface area contributed by atoms with Crippen LogP contribution in [0.15, 0.2) is 17.2 Å². The summed E-state index contributed by atoms with van der Waals surface area (Å²) in [5.74, 6) is 0.370. The Morgan fingerprint density at radius 3 is 1.64 bits per heavy atom. The Bertz CT molecular complexity index is 882. The van der Waals surface area contributed by atoms with Gasteiger partial charge in [0.25, 0.3) is 0 Å². The summed E-state index contributed by atoms with van der Waals surface area (Å²) in [5, 5.41) is 18.7. The molecule has 1 aliphatic carbocycles. The van der Waals surface area contributed by atoms with Crippen LogP contribution in [0.1, 0.15) is 22.8 Å². The third-order valence-corrected chi connectivity index (χ3v) is 3.89. The minimum absolute atomic E-state index is 0.157. The Kier molecular flexibility index (Phi) is 5.00. The third-order valence-electron chi connectivity index (χ3n) is 3.89. The van der Waals surface area contributed by atoms with Crippen molar-refractivity contribution in [3.05, 3.63) is 28.3 Å². The van der Waals surface area contributed by atoms with Gasteiger partial charge in [-0.05, 0) is 6.92 Å². The highest BCUT2D eigenvalue weighted by Gasteiger charge is 2.41. The van der Waals surface area contributed by atoms with Gasteiger partial charge in [0.1, 0.15) is 17.7 Å². The second-order valence-corrected chi connectivity index (χ2v) is 4.89. The van der Waals surface area contributed by atoms with Crippen molar-refractivity contribution in [1.29, 1.82) is 10.5 Å². The number of nitriles is 2. The molecule has 7 nitrogen and oxygen atoms in total. The summed E-state index contributed by atoms with van der Waals surface area (Å²) < 4.78 is 21.5. The van der Waals surface area contributed by atoms with Gasteiger partial charge in [-0.15, -0.1) is 0 Å². The number of hydrogen-bond donors (Lipinski definition) is 0. The van der Waals surface area contributed by atoms with E-state index in [0.29, 0.717) is 0 Å². The van der Waals surface area contributed by atoms with E-state index < -0.39 is 0 Å². The van der Waals surface area contributed by atoms with Gasteiger partial charge in [-0.25, -0.2) is 0 Å². The Balaban J connectivity index is 3.17. The Morgan fingerprint density at radius 1 is 0.840 bits per heavy atom. The van der Waals surface area contributed by atoms with Crippen LogP contribution in [-0.4, -0.2) is 34.2 Å². The highest BCUT2D eigenvalue weighted by Crippen LogP contribution is 2.56. The number of ketones is 1. The van der Waals surface area contributed by atoms with Crippen LogP contribution in [-0.2, 0) is 0 Å². The fourth-order valence-electron chi connectivity index (χ4n) is 2.93. The smallest absolute Gasteiger partial charge is 0.208 e. The van der Waals surface area contributed by atoms with Gasteiger partial charge in [0, 0.05) is 16.7 Å². The van der Waals surface area contributed by atoms with Crippen LogP contribution in [0, 0.1) is 22.7 Å². The topological polar surface area (TPSA) is 102 Å². The monoisotopic (exact) mass is 340 g/mol. The van der Waals surface area contributed by atoms with Gasteiger partial charge in [-0.2, -0.15) is 10.5 Å². The van der Waals surface area contributed by atoms with Gasteiger partial charge >= 0.3 is 0 Å². The molecule has 0 saturated carbocycles. The molecule has 0 N–H and O–H groups in total. The minimum atomic E-state index is -0.383. The lowest BCUT2D eigenvalue weighted by molar-refractivity contribution is 0.103. The number of fused-ring (bicyclic) bond motifs is 1. The molecule has 25 heavy (non-hydrogen) atoms. The van der Waals surface area contributed by atoms with Crippen molar-refractivity contribution in [2.45, 2.75) is 6.92 Å². The minimum Gasteiger partial charge on any atom is -0.492 e. The Labute approximate surface area is 145 Å². The van der Waals surface area contributed by atoms with E-state index in [4.69, 9.17) is 18.9 Å². The lowest BCUT2D eigenvalue weighted by Gasteiger charge is -2.19. The van der Waals surface area contributed by atoms with Gasteiger partial charge in [-0.1, -0.05) is 6.08 Å². The maximum Gasteiger partial charge on any atom is 0.208 e. The molecular weight excluding hydrogens is 324 g/mol. The van der Waals surface area contributed by atoms with Gasteiger partial charge in [0.2, 0.25) is 11.5 Å². The van der Waals surface area contributed by atoms with Gasteiger partial charge in [-0.3, -0.25) is 4.79 Å². The highest BCUT2D eigenvalue weighted by atomic mass is 16.5. The largest absolute Gasteiger partial charge is 0.492 e. The zero-order valence-corrected chi connectivity index (χ0v) is 14.5. The van der Waals surface area contributed by atoms with Gasteiger partial charge in [0.05, 0.1) is 34.0 Å². The zero-order chi connectivity index (χ0) is 18.7. The summed E-state index contributed by atoms with van der Waals surface area (Å²) in [7, 11) is 5.62. The first-order chi connectivity index (χ1) is 12.1. The van der Waals surface area contributed by atoms with Crippen molar-refractivity contribution in [3.8, 4) is 35.1 Å². The molecule has 0 aliphatic heterocycles. The number of carbonyl (C=O) groups is 1. The SMILES string of the molecule is C/C=C1/C(=O)c2c(OC)c(OC)c(OC)c(OC)c2C1=C(C#N)C#N. The Morgan fingerprint density at radius 2 is 1.28 bits per heavy atom. The molecule has 1 aromatic rings. The van der Waals surface area contributed by atoms with E-state index >= 15 is 0 Å². The second kappa shape index (κ2) is 6.98. The van der Waals surface area contributed by atoms with E-state index in [1.165, 1.54) is 28.4 Å². The molecule has 0 aromatic heterocycles. The van der Waals surface area contributed by atoms with E-state index in [2.05, 4.69) is 0 Å². The second-order valence-electron chi connectivity index (χ2n) is 4.89. The van der Waals surface area contributed by atoms with Crippen LogP contribution in [0.4, 0.5) is 0 Å². The van der Waals surface area contributed by atoms with E-state index in [1.54, 1.807) is 13.0 Å². The summed E-state index contributed by atoms with van der Waals surface area (Å²) >= 11 is 0. The van der Waals surface area contributed by atoms with Crippen LogP contribution < -0.4 is 18.9 Å². The molecule has 128 valence electrons. The summed E-state index contributed by atoms with van der Waals surface area (Å²) in [5.41, 5.74) is 0.674. The van der Waals surface area contributed by atoms with Crippen molar-refractivity contribution in [2.24, 2.45) is 0 Å². The van der Waals surface area contributed by atoms with Crippen molar-refractivity contribution >= 4 is 11.4 Å². The van der Waals surface area contributed by atoms with Gasteiger partial charge in [0.15, 0.2) is 17.3 Å². The molecule has 0 spiro atoms. The van der Waals surface area contributed by atoms with Crippen molar-refractivity contribution in [3.63, 3.8) is 0 Å². The molecule has 1 aromatic carbocycles. The molecule has 0 atom stereocenters. The number of Topliss-reactive ketones (excluding diaryl/α,β-unsaturated/α-hetero) is 1. The number of allylic oxidation sites excluding steroid dienone is 4. The molecule has 0 heterocycles. The normalized spacial score (nSPS) is 13.8. The molecule has 0 saturated heterocycles. The molecule has 0 fully saturated rings. The molecule has 0 amide bonds. The third kappa shape index (κ3) is 2.38. The first kappa shape index (κ1) is 17.9. The lowest BCUT2D eigenvalue weighted by atomic mass is 9.98. The molecular formula is C18H16N2O5. The summed E-state index contributed by atoms with van der Waals surface area (Å²) in [6.07, 6.45) is 1.55. The molecule has 7 heteroatoms. The average Bonchev–Trinajstić information content (AvgIpc) is 2.93. The molecule has 0 bridgehead atoms. The number of methoxy groups -OCH3 is 4. The molecule has 0 radical (unpaired) electrons. The predicted molar refractivity (Wildman–Crippen MR) is 88.9 cm³/mol. The zero-order valence-electron chi connectivity index (χ0n) is 14.5. The quantitative estimate of drug-likeness (QED) is 0.613. The van der Waals surface area contributed by atoms with Crippen molar-refractivity contribution in [1.82, 2.24) is 0 Å². The van der Waals surface area contributed by atoms with E-state index in [0.717, 1.165) is 0 Å². The van der Waals surface area contributed by atoms with Crippen LogP contribution in [0.5, 0.6) is 23.0 Å². The fourth-order valence-corrected chi connectivity index (χ4v) is 2.93. The van der Waals surface area contributed by atoms with Gasteiger partial charge < -0.3 is 18.9 Å². The number of benzene rings is 1. The lowest BCUT2D eigenvalue weighted by Crippen LogP contribution is -2.05. The highest BCUT2D eigenvalue weighted by molar-refractivity contribution is 6.30. The predicted octanol–water partition coefficient (Wildman–Crippen LogP) is 2.66. The summed E-state index contributed by atoms with van der Waals surface area (Å²) in [4.78, 5) is 12.9. The maximum absolute atomic E-state index is 12.9. The van der Waals surface area contributed by atoms with Crippen LogP contribution >= 0.6 is 0 Å². The van der Waals surface area contributed by atoms with Crippen molar-refractivity contribution in [2.75, 3.05) is 28.4 Å². The van der Waals surface area contributed by atoms with Crippen LogP contribution in [0.25, 0.3) is 5.57 Å². The van der Waals surface area contributed by atoms with E-state index in [9.17, 15) is 15.3 Å². The first-order valence-electron chi connectivity index (χ1n) is 7.22.